The molecule has 0 radical (unpaired) electrons. The minimum Gasteiger partial charge on any atom is -0.387 e. The van der Waals surface area contributed by atoms with Gasteiger partial charge in [-0.1, -0.05) is 84.4 Å². The smallest absolute Gasteiger partial charge is 0.254 e. The second-order valence-electron chi connectivity index (χ2n) is 8.04. The van der Waals surface area contributed by atoms with Gasteiger partial charge in [0.1, 0.15) is 6.04 Å². The van der Waals surface area contributed by atoms with Crippen molar-refractivity contribution in [2.24, 2.45) is 0 Å². The van der Waals surface area contributed by atoms with Crippen molar-refractivity contribution < 1.29 is 14.7 Å². The highest BCUT2D eigenvalue weighted by Crippen LogP contribution is 2.27. The average molecular weight is 461 g/mol. The Bertz CT molecular complexity index is 1130. The summed E-state index contributed by atoms with van der Waals surface area (Å²) in [6.45, 7) is 0.356. The topological polar surface area (TPSA) is 69.6 Å². The van der Waals surface area contributed by atoms with Gasteiger partial charge in [-0.15, -0.1) is 0 Å². The van der Waals surface area contributed by atoms with Crippen molar-refractivity contribution in [1.29, 1.82) is 0 Å². The Balaban J connectivity index is 1.46. The van der Waals surface area contributed by atoms with Crippen LogP contribution in [0.15, 0.2) is 96.0 Å². The van der Waals surface area contributed by atoms with Crippen molar-refractivity contribution in [3.05, 3.63) is 107 Å². The summed E-state index contributed by atoms with van der Waals surface area (Å²) >= 11 is 5.92. The van der Waals surface area contributed by atoms with E-state index in [-0.39, 0.29) is 18.4 Å². The molecule has 3 aromatic rings. The number of likely N-dealkylation sites (tertiary alicyclic amines) is 1. The van der Waals surface area contributed by atoms with Gasteiger partial charge in [-0.05, 0) is 34.4 Å². The zero-order valence-electron chi connectivity index (χ0n) is 18.0. The van der Waals surface area contributed by atoms with Crippen LogP contribution >= 0.6 is 11.6 Å². The molecule has 0 aromatic heterocycles. The molecule has 1 fully saturated rings. The second-order valence-corrected chi connectivity index (χ2v) is 8.25. The lowest BCUT2D eigenvalue weighted by molar-refractivity contribution is -0.125. The number of hydrogen-bond acceptors (Lipinski definition) is 3. The maximum atomic E-state index is 13.3. The molecule has 1 unspecified atom stereocenters. The number of carbonyl (C=O) groups excluding carboxylic acids is 2. The third-order valence-electron chi connectivity index (χ3n) is 5.82. The Morgan fingerprint density at radius 1 is 0.970 bits per heavy atom. The number of aliphatic hydroxyl groups is 1. The summed E-state index contributed by atoms with van der Waals surface area (Å²) in [6.07, 6.45) is -0.459. The van der Waals surface area contributed by atoms with Gasteiger partial charge in [-0.25, -0.2) is 0 Å². The summed E-state index contributed by atoms with van der Waals surface area (Å²) in [5.41, 5.74) is 5.56. The Kier molecular flexibility index (Phi) is 7.23. The van der Waals surface area contributed by atoms with Gasteiger partial charge in [0.05, 0.1) is 6.10 Å². The van der Waals surface area contributed by atoms with Gasteiger partial charge >= 0.3 is 0 Å². The van der Waals surface area contributed by atoms with E-state index >= 15 is 0 Å². The molecule has 0 saturated carbocycles. The number of aliphatic hydroxyl groups excluding tert-OH is 1. The standard InChI is InChI=1S/C27H25ClN2O3/c28-16-19-15-24(26(32)29-17-25(31)22-9-5-2-6-10-22)30(18-19)27(33)23-13-11-21(12-14-23)20-7-3-1-4-8-20/h1-14,16,24-25,31H,15,17-18H2,(H,29,32)/b19-16-/t24-,25?/m0/s1. The Morgan fingerprint density at radius 3 is 2.21 bits per heavy atom. The van der Waals surface area contributed by atoms with Gasteiger partial charge in [0.15, 0.2) is 0 Å². The predicted molar refractivity (Wildman–Crippen MR) is 130 cm³/mol. The van der Waals surface area contributed by atoms with Gasteiger partial charge in [0.25, 0.3) is 5.91 Å². The van der Waals surface area contributed by atoms with Crippen LogP contribution in [0.3, 0.4) is 0 Å². The van der Waals surface area contributed by atoms with Crippen molar-refractivity contribution in [2.75, 3.05) is 13.1 Å². The molecule has 2 atom stereocenters. The molecular formula is C27H25ClN2O3. The Hall–Kier alpha value is -3.41. The normalized spacial score (nSPS) is 17.7. The van der Waals surface area contributed by atoms with Crippen LogP contribution in [0.1, 0.15) is 28.4 Å². The maximum Gasteiger partial charge on any atom is 0.254 e. The molecule has 0 aliphatic carbocycles. The summed E-state index contributed by atoms with van der Waals surface area (Å²) < 4.78 is 0. The predicted octanol–water partition coefficient (Wildman–Crippen LogP) is 4.54. The number of rotatable bonds is 6. The Labute approximate surface area is 198 Å². The number of nitrogens with one attached hydrogen (secondary N) is 1. The molecule has 33 heavy (non-hydrogen) atoms. The molecule has 1 aliphatic rings. The number of amides is 2. The van der Waals surface area contributed by atoms with Crippen LogP contribution in [0, 0.1) is 0 Å². The van der Waals surface area contributed by atoms with E-state index in [0.717, 1.165) is 22.3 Å². The molecular weight excluding hydrogens is 436 g/mol. The lowest BCUT2D eigenvalue weighted by Crippen LogP contribution is -2.46. The molecule has 1 saturated heterocycles. The molecule has 3 aromatic carbocycles. The molecule has 4 rings (SSSR count). The highest BCUT2D eigenvalue weighted by molar-refractivity contribution is 6.25. The first-order valence-corrected chi connectivity index (χ1v) is 11.3. The van der Waals surface area contributed by atoms with Gasteiger partial charge in [-0.2, -0.15) is 0 Å². The monoisotopic (exact) mass is 460 g/mol. The molecule has 1 heterocycles. The zero-order chi connectivity index (χ0) is 23.2. The molecule has 1 aliphatic heterocycles. The first kappa shape index (κ1) is 22.8. The fourth-order valence-electron chi connectivity index (χ4n) is 3.99. The van der Waals surface area contributed by atoms with Crippen molar-refractivity contribution in [1.82, 2.24) is 10.2 Å². The molecule has 5 nitrogen and oxygen atoms in total. The number of nitrogens with zero attached hydrogens (tertiary/aromatic N) is 1. The quantitative estimate of drug-likeness (QED) is 0.567. The number of benzene rings is 3. The zero-order valence-corrected chi connectivity index (χ0v) is 18.8. The van der Waals surface area contributed by atoms with Crippen molar-refractivity contribution >= 4 is 23.4 Å². The van der Waals surface area contributed by atoms with Crippen LogP contribution in [0.2, 0.25) is 0 Å². The van der Waals surface area contributed by atoms with Crippen LogP contribution in [-0.2, 0) is 4.79 Å². The van der Waals surface area contributed by atoms with Crippen molar-refractivity contribution in [2.45, 2.75) is 18.6 Å². The van der Waals surface area contributed by atoms with E-state index in [1.165, 1.54) is 10.4 Å². The van der Waals surface area contributed by atoms with Crippen LogP contribution in [0.25, 0.3) is 11.1 Å². The minimum atomic E-state index is -0.825. The SMILES string of the molecule is O=C(NCC(O)c1ccccc1)[C@@H]1C/C(=C/Cl)CN1C(=O)c1ccc(-c2ccccc2)cc1. The average Bonchev–Trinajstić information content (AvgIpc) is 3.32. The van der Waals surface area contributed by atoms with E-state index in [1.807, 2.05) is 60.7 Å². The van der Waals surface area contributed by atoms with Crippen LogP contribution in [0.5, 0.6) is 0 Å². The third kappa shape index (κ3) is 5.33. The van der Waals surface area contributed by atoms with Crippen LogP contribution in [0.4, 0.5) is 0 Å². The molecule has 2 amide bonds. The summed E-state index contributed by atoms with van der Waals surface area (Å²) in [6, 6.07) is 25.7. The fraction of sp³-hybridized carbons (Fsp3) is 0.185. The minimum absolute atomic E-state index is 0.0626. The van der Waals surface area contributed by atoms with Gasteiger partial charge in [0, 0.05) is 30.6 Å². The third-order valence-corrected chi connectivity index (χ3v) is 6.12. The molecule has 2 N–H and O–H groups in total. The fourth-order valence-corrected chi connectivity index (χ4v) is 4.15. The summed E-state index contributed by atoms with van der Waals surface area (Å²) in [5, 5.41) is 13.1. The lowest BCUT2D eigenvalue weighted by atomic mass is 10.0. The number of hydrogen-bond donors (Lipinski definition) is 2. The van der Waals surface area contributed by atoms with Crippen LogP contribution in [-0.4, -0.2) is 41.0 Å². The lowest BCUT2D eigenvalue weighted by Gasteiger charge is -2.24. The van der Waals surface area contributed by atoms with E-state index in [1.54, 1.807) is 24.3 Å². The summed E-state index contributed by atoms with van der Waals surface area (Å²) in [5.74, 6) is -0.542. The Morgan fingerprint density at radius 2 is 1.58 bits per heavy atom. The van der Waals surface area contributed by atoms with E-state index in [9.17, 15) is 14.7 Å². The summed E-state index contributed by atoms with van der Waals surface area (Å²) in [4.78, 5) is 27.7. The molecule has 6 heteroatoms. The van der Waals surface area contributed by atoms with Gasteiger partial charge < -0.3 is 15.3 Å². The van der Waals surface area contributed by atoms with Crippen LogP contribution < -0.4 is 5.32 Å². The van der Waals surface area contributed by atoms with E-state index < -0.39 is 12.1 Å². The van der Waals surface area contributed by atoms with E-state index in [4.69, 9.17) is 11.6 Å². The van der Waals surface area contributed by atoms with Crippen molar-refractivity contribution in [3.63, 3.8) is 0 Å². The first-order valence-electron chi connectivity index (χ1n) is 10.8. The van der Waals surface area contributed by atoms with E-state index in [0.29, 0.717) is 18.5 Å². The highest BCUT2D eigenvalue weighted by atomic mass is 35.5. The highest BCUT2D eigenvalue weighted by Gasteiger charge is 2.37. The molecule has 168 valence electrons. The van der Waals surface area contributed by atoms with Crippen molar-refractivity contribution in [3.8, 4) is 11.1 Å². The first-order chi connectivity index (χ1) is 16.1. The molecule has 0 spiro atoms. The number of halogens is 1. The molecule has 0 bridgehead atoms. The number of carbonyl (C=O) groups is 2. The summed E-state index contributed by atoms with van der Waals surface area (Å²) in [7, 11) is 0. The maximum absolute atomic E-state index is 13.3. The second kappa shape index (κ2) is 10.5. The van der Waals surface area contributed by atoms with Gasteiger partial charge in [0.2, 0.25) is 5.91 Å². The van der Waals surface area contributed by atoms with E-state index in [2.05, 4.69) is 5.32 Å². The largest absolute Gasteiger partial charge is 0.387 e. The van der Waals surface area contributed by atoms with Gasteiger partial charge in [-0.3, -0.25) is 9.59 Å².